The second-order valence-corrected chi connectivity index (χ2v) is 4.86. The fourth-order valence-electron chi connectivity index (χ4n) is 0.973. The van der Waals surface area contributed by atoms with Crippen LogP contribution in [0.3, 0.4) is 0 Å². The van der Waals surface area contributed by atoms with E-state index >= 15 is 0 Å². The Labute approximate surface area is 81.9 Å². The van der Waals surface area contributed by atoms with E-state index in [-0.39, 0.29) is 0 Å². The number of halogens is 2. The zero-order valence-electron chi connectivity index (χ0n) is 5.47. The van der Waals surface area contributed by atoms with Crippen LogP contribution in [0.5, 0.6) is 0 Å². The minimum atomic E-state index is 0.845. The van der Waals surface area contributed by atoms with Gasteiger partial charge in [0.15, 0.2) is 0 Å². The molecule has 0 N–H and O–H groups in total. The van der Waals surface area contributed by atoms with Gasteiger partial charge in [0.05, 0.1) is 4.34 Å². The van der Waals surface area contributed by atoms with E-state index in [2.05, 4.69) is 28.1 Å². The van der Waals surface area contributed by atoms with Crippen molar-refractivity contribution in [2.24, 2.45) is 0 Å². The average molecular weight is 248 g/mol. The van der Waals surface area contributed by atoms with Crippen LogP contribution in [0.25, 0.3) is 10.1 Å². The number of fused-ring (bicyclic) bond motifs is 1. The Morgan fingerprint density at radius 2 is 2.09 bits per heavy atom. The van der Waals surface area contributed by atoms with Crippen LogP contribution in [0.4, 0.5) is 0 Å². The summed E-state index contributed by atoms with van der Waals surface area (Å²) < 4.78 is 3.17. The normalized spacial score (nSPS) is 10.7. The van der Waals surface area contributed by atoms with E-state index in [1.807, 2.05) is 12.1 Å². The van der Waals surface area contributed by atoms with Crippen LogP contribution < -0.4 is 0 Å². The first kappa shape index (κ1) is 7.59. The summed E-state index contributed by atoms with van der Waals surface area (Å²) in [5.74, 6) is 0. The van der Waals surface area contributed by atoms with Crippen LogP contribution in [0.2, 0.25) is 4.34 Å². The molecule has 0 bridgehead atoms. The highest BCUT2D eigenvalue weighted by atomic mass is 79.9. The van der Waals surface area contributed by atoms with Crippen molar-refractivity contribution in [3.05, 3.63) is 33.1 Å². The second-order valence-electron chi connectivity index (χ2n) is 2.23. The summed E-state index contributed by atoms with van der Waals surface area (Å²) in [5.41, 5.74) is 0. The highest BCUT2D eigenvalue weighted by Crippen LogP contribution is 2.30. The lowest BCUT2D eigenvalue weighted by molar-refractivity contribution is 1.77. The summed E-state index contributed by atoms with van der Waals surface area (Å²) in [6.07, 6.45) is 0. The zero-order chi connectivity index (χ0) is 7.84. The van der Waals surface area contributed by atoms with Crippen molar-refractivity contribution >= 4 is 49.0 Å². The molecule has 0 fully saturated rings. The van der Waals surface area contributed by atoms with E-state index in [0.717, 1.165) is 8.81 Å². The van der Waals surface area contributed by atoms with E-state index in [1.54, 1.807) is 11.3 Å². The number of rotatable bonds is 0. The minimum absolute atomic E-state index is 0.845. The molecular formula is C8H4BrClS. The molecule has 0 unspecified atom stereocenters. The van der Waals surface area contributed by atoms with Gasteiger partial charge in [0.1, 0.15) is 0 Å². The molecule has 0 amide bonds. The Bertz CT molecular complexity index is 394. The first-order chi connectivity index (χ1) is 5.25. The molecule has 1 heterocycles. The van der Waals surface area contributed by atoms with Gasteiger partial charge in [0, 0.05) is 9.17 Å². The summed E-state index contributed by atoms with van der Waals surface area (Å²) in [6, 6.07) is 8.13. The van der Waals surface area contributed by atoms with Crippen LogP contribution >= 0.6 is 38.9 Å². The van der Waals surface area contributed by atoms with E-state index in [1.165, 1.54) is 10.1 Å². The predicted octanol–water partition coefficient (Wildman–Crippen LogP) is 4.32. The summed E-state index contributed by atoms with van der Waals surface area (Å²) in [5, 5.41) is 1.21. The summed E-state index contributed by atoms with van der Waals surface area (Å²) in [7, 11) is 0. The first-order valence-electron chi connectivity index (χ1n) is 3.10. The summed E-state index contributed by atoms with van der Waals surface area (Å²) >= 11 is 10.8. The number of hydrogen-bond acceptors (Lipinski definition) is 1. The van der Waals surface area contributed by atoms with Crippen molar-refractivity contribution in [3.8, 4) is 0 Å². The molecule has 0 atom stereocenters. The highest BCUT2D eigenvalue weighted by molar-refractivity contribution is 9.10. The highest BCUT2D eigenvalue weighted by Gasteiger charge is 1.98. The SMILES string of the molecule is Clc1cc2ccc(Br)cc2s1. The van der Waals surface area contributed by atoms with Gasteiger partial charge in [-0.05, 0) is 23.6 Å². The van der Waals surface area contributed by atoms with Gasteiger partial charge in [0.2, 0.25) is 0 Å². The van der Waals surface area contributed by atoms with Crippen molar-refractivity contribution < 1.29 is 0 Å². The topological polar surface area (TPSA) is 0 Å². The molecule has 2 aromatic rings. The molecule has 0 aliphatic rings. The van der Waals surface area contributed by atoms with E-state index in [4.69, 9.17) is 11.6 Å². The molecule has 0 aliphatic carbocycles. The van der Waals surface area contributed by atoms with Crippen LogP contribution in [0.1, 0.15) is 0 Å². The van der Waals surface area contributed by atoms with Gasteiger partial charge in [-0.1, -0.05) is 33.6 Å². The lowest BCUT2D eigenvalue weighted by Crippen LogP contribution is -1.61. The third kappa shape index (κ3) is 1.43. The fraction of sp³-hybridized carbons (Fsp3) is 0. The van der Waals surface area contributed by atoms with Crippen LogP contribution in [0, 0.1) is 0 Å². The van der Waals surface area contributed by atoms with E-state index in [0.29, 0.717) is 0 Å². The van der Waals surface area contributed by atoms with Crippen LogP contribution in [0.15, 0.2) is 28.7 Å². The molecule has 3 heteroatoms. The van der Waals surface area contributed by atoms with Crippen LogP contribution in [-0.4, -0.2) is 0 Å². The van der Waals surface area contributed by atoms with Crippen LogP contribution in [-0.2, 0) is 0 Å². The Hall–Kier alpha value is -0.0500. The smallest absolute Gasteiger partial charge is 0.0940 e. The van der Waals surface area contributed by atoms with Crippen molar-refractivity contribution in [1.29, 1.82) is 0 Å². The fourth-order valence-corrected chi connectivity index (χ4v) is 2.68. The minimum Gasteiger partial charge on any atom is -0.123 e. The van der Waals surface area contributed by atoms with Gasteiger partial charge < -0.3 is 0 Å². The summed E-state index contributed by atoms with van der Waals surface area (Å²) in [4.78, 5) is 0. The molecule has 0 nitrogen and oxygen atoms in total. The maximum absolute atomic E-state index is 5.84. The van der Waals surface area contributed by atoms with Crippen molar-refractivity contribution in [2.45, 2.75) is 0 Å². The molecule has 11 heavy (non-hydrogen) atoms. The van der Waals surface area contributed by atoms with E-state index in [9.17, 15) is 0 Å². The van der Waals surface area contributed by atoms with Crippen molar-refractivity contribution in [1.82, 2.24) is 0 Å². The molecule has 2 rings (SSSR count). The molecule has 1 aromatic carbocycles. The molecule has 0 spiro atoms. The van der Waals surface area contributed by atoms with Gasteiger partial charge in [0.25, 0.3) is 0 Å². The molecule has 0 saturated carbocycles. The molecule has 56 valence electrons. The molecule has 0 aliphatic heterocycles. The Morgan fingerprint density at radius 1 is 1.27 bits per heavy atom. The Kier molecular flexibility index (Phi) is 1.91. The average Bonchev–Trinajstić information content (AvgIpc) is 2.27. The van der Waals surface area contributed by atoms with E-state index < -0.39 is 0 Å². The molecular weight excluding hydrogens is 244 g/mol. The van der Waals surface area contributed by atoms with Gasteiger partial charge in [-0.15, -0.1) is 11.3 Å². The largest absolute Gasteiger partial charge is 0.123 e. The molecule has 0 saturated heterocycles. The number of benzene rings is 1. The maximum Gasteiger partial charge on any atom is 0.0940 e. The monoisotopic (exact) mass is 246 g/mol. The van der Waals surface area contributed by atoms with Gasteiger partial charge in [-0.2, -0.15) is 0 Å². The quantitative estimate of drug-likeness (QED) is 0.650. The van der Waals surface area contributed by atoms with Crippen molar-refractivity contribution in [3.63, 3.8) is 0 Å². The standard InChI is InChI=1S/C8H4BrClS/c9-6-2-1-5-3-8(10)11-7(5)4-6/h1-4H. The maximum atomic E-state index is 5.84. The van der Waals surface area contributed by atoms with Gasteiger partial charge in [-0.25, -0.2) is 0 Å². The zero-order valence-corrected chi connectivity index (χ0v) is 8.63. The molecule has 0 radical (unpaired) electrons. The lowest BCUT2D eigenvalue weighted by Gasteiger charge is -1.88. The third-order valence-electron chi connectivity index (χ3n) is 1.45. The first-order valence-corrected chi connectivity index (χ1v) is 5.09. The number of hydrogen-bond donors (Lipinski definition) is 0. The van der Waals surface area contributed by atoms with Crippen molar-refractivity contribution in [2.75, 3.05) is 0 Å². The Balaban J connectivity index is 2.82. The second kappa shape index (κ2) is 2.77. The Morgan fingerprint density at radius 3 is 2.91 bits per heavy atom. The van der Waals surface area contributed by atoms with Gasteiger partial charge in [-0.3, -0.25) is 0 Å². The summed E-state index contributed by atoms with van der Waals surface area (Å²) in [6.45, 7) is 0. The lowest BCUT2D eigenvalue weighted by atomic mass is 10.3. The number of thiophene rings is 1. The predicted molar refractivity (Wildman–Crippen MR) is 54.5 cm³/mol. The van der Waals surface area contributed by atoms with Gasteiger partial charge >= 0.3 is 0 Å². The third-order valence-corrected chi connectivity index (χ3v) is 3.17. The molecule has 1 aromatic heterocycles.